The first-order valence-electron chi connectivity index (χ1n) is 21.9. The van der Waals surface area contributed by atoms with Crippen molar-refractivity contribution in [2.24, 2.45) is 0 Å². The zero-order valence-corrected chi connectivity index (χ0v) is 36.5. The summed E-state index contributed by atoms with van der Waals surface area (Å²) in [6, 6.07) is 33.8. The predicted octanol–water partition coefficient (Wildman–Crippen LogP) is 3.13. The number of amides is 6. The molecule has 6 amide bonds. The van der Waals surface area contributed by atoms with Crippen LogP contribution in [0.1, 0.15) is 51.9 Å². The number of carbonyl (C=O) groups excluding carboxylic acids is 6. The number of nitrogens with one attached hydrogen (secondary N) is 6. The number of aryl methyl sites for hydroxylation is 1. The van der Waals surface area contributed by atoms with Gasteiger partial charge in [-0.1, -0.05) is 127 Å². The molecule has 2 heterocycles. The molecule has 5 aromatic rings. The van der Waals surface area contributed by atoms with Crippen LogP contribution in [0.3, 0.4) is 0 Å². The van der Waals surface area contributed by atoms with Crippen LogP contribution in [0.4, 0.5) is 0 Å². The summed E-state index contributed by atoms with van der Waals surface area (Å²) in [5.41, 5.74) is 4.54. The van der Waals surface area contributed by atoms with Crippen molar-refractivity contribution in [2.45, 2.75) is 75.2 Å². The Morgan fingerprint density at radius 2 is 1.01 bits per heavy atom. The molecule has 0 spiro atoms. The molecule has 0 saturated heterocycles. The van der Waals surface area contributed by atoms with E-state index in [4.69, 9.17) is 0 Å². The summed E-state index contributed by atoms with van der Waals surface area (Å²) < 4.78 is 0. The fourth-order valence-corrected chi connectivity index (χ4v) is 7.50. The van der Waals surface area contributed by atoms with E-state index >= 15 is 0 Å². The maximum absolute atomic E-state index is 14.6. The first kappa shape index (κ1) is 48.3. The van der Waals surface area contributed by atoms with E-state index in [1.165, 1.54) is 24.3 Å². The molecule has 7 rings (SSSR count). The molecule has 346 valence electrons. The third-order valence-corrected chi connectivity index (χ3v) is 11.2. The predicted molar refractivity (Wildman–Crippen MR) is 247 cm³/mol. The van der Waals surface area contributed by atoms with Crippen molar-refractivity contribution in [3.8, 4) is 11.1 Å². The van der Waals surface area contributed by atoms with Crippen LogP contribution in [-0.2, 0) is 59.2 Å². The lowest BCUT2D eigenvalue weighted by molar-refractivity contribution is -0.142. The average Bonchev–Trinajstić information content (AvgIpc) is 3.33. The van der Waals surface area contributed by atoms with Gasteiger partial charge in [-0.3, -0.25) is 33.6 Å². The molecule has 67 heavy (non-hydrogen) atoms. The maximum Gasteiger partial charge on any atom is 0.326 e. The highest BCUT2D eigenvalue weighted by Crippen LogP contribution is 2.20. The Morgan fingerprint density at radius 1 is 0.522 bits per heavy atom. The minimum absolute atomic E-state index is 0.00962. The van der Waals surface area contributed by atoms with Crippen LogP contribution in [0.2, 0.25) is 0 Å². The van der Waals surface area contributed by atoms with Gasteiger partial charge in [-0.2, -0.15) is 0 Å². The molecule has 0 saturated carbocycles. The normalized spacial score (nSPS) is 19.6. The number of carboxylic acid groups (broad SMARTS) is 2. The minimum Gasteiger partial charge on any atom is -0.481 e. The van der Waals surface area contributed by atoms with E-state index in [0.717, 1.165) is 16.7 Å². The molecule has 5 atom stereocenters. The van der Waals surface area contributed by atoms with Gasteiger partial charge < -0.3 is 42.1 Å². The minimum atomic E-state index is -1.49. The van der Waals surface area contributed by atoms with Crippen molar-refractivity contribution in [1.82, 2.24) is 31.9 Å². The van der Waals surface area contributed by atoms with Gasteiger partial charge in [0.05, 0.1) is 6.42 Å². The van der Waals surface area contributed by atoms with Gasteiger partial charge in [0.2, 0.25) is 29.5 Å². The van der Waals surface area contributed by atoms with Gasteiger partial charge in [0.1, 0.15) is 30.2 Å². The van der Waals surface area contributed by atoms with E-state index in [9.17, 15) is 48.6 Å². The molecule has 5 aromatic carbocycles. The Bertz CT molecular complexity index is 2520. The third-order valence-electron chi connectivity index (χ3n) is 11.2. The van der Waals surface area contributed by atoms with Crippen LogP contribution < -0.4 is 31.9 Å². The first-order valence-corrected chi connectivity index (χ1v) is 21.9. The van der Waals surface area contributed by atoms with Gasteiger partial charge in [0.15, 0.2) is 0 Å². The van der Waals surface area contributed by atoms with Crippen molar-refractivity contribution < 1.29 is 48.6 Å². The summed E-state index contributed by atoms with van der Waals surface area (Å²) in [6.45, 7) is -0.474. The molecule has 0 fully saturated rings. The molecular weight excluding hydrogens is 857 g/mol. The van der Waals surface area contributed by atoms with Crippen molar-refractivity contribution in [3.63, 3.8) is 0 Å². The number of benzene rings is 5. The molecule has 2 bridgehead atoms. The lowest BCUT2D eigenvalue weighted by Gasteiger charge is -2.27. The van der Waals surface area contributed by atoms with Crippen LogP contribution in [0, 0.1) is 0 Å². The Hall–Kier alpha value is -8.14. The van der Waals surface area contributed by atoms with Crippen LogP contribution in [0.5, 0.6) is 0 Å². The molecule has 16 heteroatoms. The average molecular weight is 909 g/mol. The number of hydrogen-bond acceptors (Lipinski definition) is 8. The van der Waals surface area contributed by atoms with Crippen LogP contribution in [0.25, 0.3) is 11.1 Å². The summed E-state index contributed by atoms with van der Waals surface area (Å²) in [6.07, 6.45) is -1.03. The Morgan fingerprint density at radius 3 is 1.60 bits per heavy atom. The molecule has 16 nitrogen and oxygen atoms in total. The zero-order valence-electron chi connectivity index (χ0n) is 36.5. The molecule has 8 N–H and O–H groups in total. The molecule has 2 aliphatic heterocycles. The summed E-state index contributed by atoms with van der Waals surface area (Å²) >= 11 is 0. The smallest absolute Gasteiger partial charge is 0.326 e. The van der Waals surface area contributed by atoms with Crippen molar-refractivity contribution in [2.75, 3.05) is 6.54 Å². The van der Waals surface area contributed by atoms with Crippen LogP contribution >= 0.6 is 0 Å². The fraction of sp³-hybridized carbons (Fsp3) is 0.255. The monoisotopic (exact) mass is 908 g/mol. The van der Waals surface area contributed by atoms with Gasteiger partial charge in [0, 0.05) is 37.8 Å². The number of carbonyl (C=O) groups is 8. The second-order valence-corrected chi connectivity index (χ2v) is 16.2. The maximum atomic E-state index is 14.6. The van der Waals surface area contributed by atoms with Gasteiger partial charge in [-0.05, 0) is 58.4 Å². The third kappa shape index (κ3) is 14.7. The van der Waals surface area contributed by atoms with Gasteiger partial charge in [-0.15, -0.1) is 0 Å². The van der Waals surface area contributed by atoms with E-state index in [1.807, 2.05) is 72.8 Å². The molecular formula is C51H52N6O10. The lowest BCUT2D eigenvalue weighted by atomic mass is 9.98. The van der Waals surface area contributed by atoms with E-state index in [1.54, 1.807) is 42.5 Å². The van der Waals surface area contributed by atoms with Gasteiger partial charge >= 0.3 is 11.9 Å². The van der Waals surface area contributed by atoms with Crippen molar-refractivity contribution in [3.05, 3.63) is 167 Å². The summed E-state index contributed by atoms with van der Waals surface area (Å²) in [4.78, 5) is 108. The fourth-order valence-electron chi connectivity index (χ4n) is 7.50. The lowest BCUT2D eigenvalue weighted by Crippen LogP contribution is -2.60. The number of rotatable bonds is 13. The molecule has 2 aliphatic rings. The van der Waals surface area contributed by atoms with E-state index in [2.05, 4.69) is 31.9 Å². The quantitative estimate of drug-likeness (QED) is 0.0802. The second-order valence-electron chi connectivity index (χ2n) is 16.2. The SMILES string of the molecule is O=C(O)CCC(=O)N[C@H]1CNC(=O)c2ccc(cc2)C[C@@H](C(=O)O)NC(=O)[C@@H](Cc2ccccc2)NC(=O)[C@H](Cc2ccc(-c3ccccc3)cc2)NC(=O)[C@@H](CCc2ccccc2)NC1=O. The number of hydrogen-bond donors (Lipinski definition) is 8. The van der Waals surface area contributed by atoms with Crippen molar-refractivity contribution in [1.29, 1.82) is 0 Å². The largest absolute Gasteiger partial charge is 0.481 e. The number of fused-ring (bicyclic) bond motifs is 18. The highest BCUT2D eigenvalue weighted by atomic mass is 16.4. The highest BCUT2D eigenvalue weighted by Gasteiger charge is 2.33. The zero-order chi connectivity index (χ0) is 47.7. The molecule has 0 radical (unpaired) electrons. The standard InChI is InChI=1S/C51H52N6O10/c58-44(26-27-45(59)60)53-43-31-52-46(61)38-23-18-35(19-24-38)30-42(51(66)67)57-49(64)40(28-33-12-6-2-7-13-33)56-48(63)41(29-34-16-21-37(22-17-34)36-14-8-3-9-15-36)55-47(62)39(54-50(43)65)25-20-32-10-4-1-5-11-32/h1-19,21-24,39-43H,20,25-31H2,(H,52,61)(H,53,58)(H,54,65)(H,55,62)(H,56,63)(H,57,64)(H,59,60)(H,66,67)/t39-,40-,41+,42+,43+/m1/s1. The first-order chi connectivity index (χ1) is 32.3. The molecule has 0 aromatic heterocycles. The summed E-state index contributed by atoms with van der Waals surface area (Å²) in [5.74, 6) is -7.29. The molecule has 0 aliphatic carbocycles. The van der Waals surface area contributed by atoms with Crippen LogP contribution in [0.15, 0.2) is 140 Å². The summed E-state index contributed by atoms with van der Waals surface area (Å²) in [7, 11) is 0. The Balaban J connectivity index is 1.39. The number of carboxylic acids is 2. The van der Waals surface area contributed by atoms with Gasteiger partial charge in [0.25, 0.3) is 5.91 Å². The van der Waals surface area contributed by atoms with E-state index < -0.39 is 97.0 Å². The van der Waals surface area contributed by atoms with Crippen LogP contribution in [-0.4, -0.2) is 94.3 Å². The highest BCUT2D eigenvalue weighted by molar-refractivity contribution is 5.98. The topological polar surface area (TPSA) is 249 Å². The van der Waals surface area contributed by atoms with Gasteiger partial charge in [-0.25, -0.2) is 4.79 Å². The molecule has 0 unspecified atom stereocenters. The summed E-state index contributed by atoms with van der Waals surface area (Å²) in [5, 5.41) is 35.4. The Labute approximate surface area is 386 Å². The second kappa shape index (κ2) is 23.7. The number of aliphatic carboxylic acids is 2. The van der Waals surface area contributed by atoms with E-state index in [0.29, 0.717) is 16.7 Å². The Kier molecular flexibility index (Phi) is 17.1. The van der Waals surface area contributed by atoms with E-state index in [-0.39, 0.29) is 37.7 Å². The van der Waals surface area contributed by atoms with Crippen molar-refractivity contribution >= 4 is 47.4 Å².